The summed E-state index contributed by atoms with van der Waals surface area (Å²) in [6.07, 6.45) is -4.59. The SMILES string of the molecule is CC(C)(C)OC(=O)N[C@@H](Cc1ccc(OS(=O)(=Nc2ccccc2O[C@H]2O[C@H](CO)[C@H](O)[C@H](O)[C@H]2O)N2CCCC2)cc1)C(=O)N1CCCC1. The highest BCUT2D eigenvalue weighted by Crippen LogP contribution is 2.34. The van der Waals surface area contributed by atoms with Gasteiger partial charge in [0.05, 0.1) is 6.61 Å². The van der Waals surface area contributed by atoms with Crippen molar-refractivity contribution >= 4 is 27.9 Å². The number of hydrogen-bond acceptors (Lipinski definition) is 12. The molecule has 0 bridgehead atoms. The molecule has 0 radical (unpaired) electrons. The minimum Gasteiger partial charge on any atom is -0.460 e. The Balaban J connectivity index is 1.36. The number of carbonyl (C=O) groups excluding carboxylic acids is 2. The number of alkyl carbamates (subject to hydrolysis) is 1. The first-order valence-corrected chi connectivity index (χ1v) is 18.3. The molecule has 5 rings (SSSR count). The zero-order valence-corrected chi connectivity index (χ0v) is 29.4. The van der Waals surface area contributed by atoms with Crippen LogP contribution in [0.25, 0.3) is 0 Å². The second kappa shape index (κ2) is 16.2. The maximum Gasteiger partial charge on any atom is 0.408 e. The molecule has 0 aliphatic carbocycles. The van der Waals surface area contributed by atoms with Crippen LogP contribution in [0.4, 0.5) is 10.5 Å². The number of amides is 2. The molecule has 3 saturated heterocycles. The predicted octanol–water partition coefficient (Wildman–Crippen LogP) is 2.03. The van der Waals surface area contributed by atoms with Crippen LogP contribution in [0.3, 0.4) is 0 Å². The van der Waals surface area contributed by atoms with Gasteiger partial charge in [0, 0.05) is 32.6 Å². The van der Waals surface area contributed by atoms with E-state index in [0.717, 1.165) is 31.2 Å². The standard InChI is InChI=1S/C34H48N4O11S/c1-34(2,3)48-33(44)35-25(31(43)37-16-6-7-17-37)20-22-12-14-23(15-13-22)49-50(45,38-18-8-9-19-38)36-24-10-4-5-11-26(24)46-32-30(42)29(41)28(40)27(21-39)47-32/h4-5,10-15,25,27-30,32,39-42H,6-9,16-21H2,1-3H3,(H,35,44)/t25-,27+,28-,29-,30+,32-,50?/m0/s1. The first-order valence-electron chi connectivity index (χ1n) is 16.9. The number of para-hydroxylation sites is 1. The third kappa shape index (κ3) is 9.42. The fraction of sp³-hybridized carbons (Fsp3) is 0.588. The van der Waals surface area contributed by atoms with Gasteiger partial charge in [0.2, 0.25) is 12.2 Å². The predicted molar refractivity (Wildman–Crippen MR) is 182 cm³/mol. The van der Waals surface area contributed by atoms with Gasteiger partial charge in [-0.3, -0.25) is 4.79 Å². The van der Waals surface area contributed by atoms with Gasteiger partial charge >= 0.3 is 6.09 Å². The summed E-state index contributed by atoms with van der Waals surface area (Å²) in [5, 5.41) is 43.2. The molecule has 3 heterocycles. The Bertz CT molecular complexity index is 1580. The molecule has 0 spiro atoms. The van der Waals surface area contributed by atoms with Crippen molar-refractivity contribution in [3.63, 3.8) is 0 Å². The van der Waals surface area contributed by atoms with E-state index in [0.29, 0.717) is 26.2 Å². The van der Waals surface area contributed by atoms with Crippen molar-refractivity contribution in [2.24, 2.45) is 4.36 Å². The van der Waals surface area contributed by atoms with Crippen LogP contribution >= 0.6 is 0 Å². The molecule has 3 fully saturated rings. The highest BCUT2D eigenvalue weighted by atomic mass is 32.2. The number of likely N-dealkylation sites (tertiary alicyclic amines) is 1. The van der Waals surface area contributed by atoms with Crippen LogP contribution < -0.4 is 14.2 Å². The summed E-state index contributed by atoms with van der Waals surface area (Å²) in [6, 6.07) is 12.2. The summed E-state index contributed by atoms with van der Waals surface area (Å²) in [7, 11) is -3.57. The zero-order valence-electron chi connectivity index (χ0n) is 28.6. The summed E-state index contributed by atoms with van der Waals surface area (Å²) in [5.74, 6) is 0.132. The molecule has 0 saturated carbocycles. The van der Waals surface area contributed by atoms with Gasteiger partial charge in [0.15, 0.2) is 0 Å². The number of carbonyl (C=O) groups is 2. The van der Waals surface area contributed by atoms with Crippen LogP contribution in [0.1, 0.15) is 52.0 Å². The topological polar surface area (TPSA) is 200 Å². The molecule has 2 amide bonds. The van der Waals surface area contributed by atoms with Crippen LogP contribution in [-0.4, -0.2) is 121 Å². The summed E-state index contributed by atoms with van der Waals surface area (Å²) < 4.78 is 43.6. The smallest absolute Gasteiger partial charge is 0.408 e. The van der Waals surface area contributed by atoms with Crippen molar-refractivity contribution in [2.45, 2.75) is 95.2 Å². The van der Waals surface area contributed by atoms with Gasteiger partial charge in [-0.15, -0.1) is 4.36 Å². The number of hydrogen-bond donors (Lipinski definition) is 5. The Labute approximate surface area is 292 Å². The maximum absolute atomic E-state index is 14.5. The molecule has 50 heavy (non-hydrogen) atoms. The van der Waals surface area contributed by atoms with Crippen LogP contribution in [0.15, 0.2) is 52.9 Å². The van der Waals surface area contributed by atoms with E-state index < -0.39 is 65.2 Å². The average molecular weight is 721 g/mol. The summed E-state index contributed by atoms with van der Waals surface area (Å²) in [6.45, 7) is 6.82. The molecule has 16 heteroatoms. The molecule has 3 aliphatic heterocycles. The third-order valence-electron chi connectivity index (χ3n) is 8.54. The van der Waals surface area contributed by atoms with Gasteiger partial charge in [0.1, 0.15) is 53.2 Å². The number of nitrogens with zero attached hydrogens (tertiary/aromatic N) is 3. The monoisotopic (exact) mass is 720 g/mol. The van der Waals surface area contributed by atoms with Crippen molar-refractivity contribution in [2.75, 3.05) is 32.8 Å². The van der Waals surface area contributed by atoms with Crippen LogP contribution in [0.2, 0.25) is 0 Å². The number of aliphatic hydroxyl groups excluding tert-OH is 4. The Morgan fingerprint density at radius 1 is 0.960 bits per heavy atom. The van der Waals surface area contributed by atoms with Crippen molar-refractivity contribution in [1.29, 1.82) is 0 Å². The number of aliphatic hydroxyl groups is 4. The molecular weight excluding hydrogens is 672 g/mol. The molecule has 7 atom stereocenters. The largest absolute Gasteiger partial charge is 0.460 e. The van der Waals surface area contributed by atoms with Gasteiger partial charge in [0.25, 0.3) is 10.2 Å². The number of rotatable bonds is 11. The van der Waals surface area contributed by atoms with E-state index in [9.17, 15) is 34.2 Å². The lowest BCUT2D eigenvalue weighted by atomic mass is 9.99. The lowest BCUT2D eigenvalue weighted by molar-refractivity contribution is -0.277. The van der Waals surface area contributed by atoms with E-state index in [2.05, 4.69) is 9.68 Å². The molecule has 2 aromatic carbocycles. The summed E-state index contributed by atoms with van der Waals surface area (Å²) in [5.41, 5.74) is 0.119. The molecule has 5 N–H and O–H groups in total. The van der Waals surface area contributed by atoms with E-state index in [-0.39, 0.29) is 29.5 Å². The van der Waals surface area contributed by atoms with Crippen LogP contribution in [-0.2, 0) is 30.9 Å². The lowest BCUT2D eigenvalue weighted by Gasteiger charge is -2.39. The van der Waals surface area contributed by atoms with Gasteiger partial charge in [-0.25, -0.2) is 4.79 Å². The maximum atomic E-state index is 14.5. The molecule has 1 unspecified atom stereocenters. The molecule has 15 nitrogen and oxygen atoms in total. The second-order valence-corrected chi connectivity index (χ2v) is 15.4. The Kier molecular flexibility index (Phi) is 12.2. The number of nitrogens with one attached hydrogen (secondary N) is 1. The third-order valence-corrected chi connectivity index (χ3v) is 10.4. The van der Waals surface area contributed by atoms with E-state index in [1.54, 1.807) is 72.4 Å². The van der Waals surface area contributed by atoms with E-state index in [1.807, 2.05) is 0 Å². The highest BCUT2D eigenvalue weighted by molar-refractivity contribution is 7.87. The van der Waals surface area contributed by atoms with E-state index >= 15 is 0 Å². The summed E-state index contributed by atoms with van der Waals surface area (Å²) in [4.78, 5) is 27.8. The summed E-state index contributed by atoms with van der Waals surface area (Å²) >= 11 is 0. The fourth-order valence-electron chi connectivity index (χ4n) is 5.94. The lowest BCUT2D eigenvalue weighted by Crippen LogP contribution is -2.60. The molecule has 3 aliphatic rings. The fourth-order valence-corrected chi connectivity index (χ4v) is 7.68. The van der Waals surface area contributed by atoms with Crippen molar-refractivity contribution in [3.8, 4) is 11.5 Å². The minimum atomic E-state index is -3.57. The van der Waals surface area contributed by atoms with Crippen LogP contribution in [0.5, 0.6) is 11.5 Å². The van der Waals surface area contributed by atoms with Crippen molar-refractivity contribution in [3.05, 3.63) is 54.1 Å². The Hall–Kier alpha value is -3.51. The van der Waals surface area contributed by atoms with Gasteiger partial charge in [-0.05, 0) is 76.3 Å². The minimum absolute atomic E-state index is 0.0638. The number of benzene rings is 2. The van der Waals surface area contributed by atoms with E-state index in [1.165, 1.54) is 6.07 Å². The van der Waals surface area contributed by atoms with Crippen molar-refractivity contribution < 1.29 is 52.6 Å². The van der Waals surface area contributed by atoms with Gasteiger partial charge in [-0.2, -0.15) is 8.51 Å². The second-order valence-electron chi connectivity index (χ2n) is 13.6. The first-order chi connectivity index (χ1) is 23.8. The zero-order chi connectivity index (χ0) is 36.1. The molecule has 2 aromatic rings. The normalized spacial score (nSPS) is 26.1. The van der Waals surface area contributed by atoms with E-state index in [4.69, 9.17) is 18.4 Å². The highest BCUT2D eigenvalue weighted by Gasteiger charge is 2.45. The van der Waals surface area contributed by atoms with Gasteiger partial charge < -0.3 is 49.0 Å². The Morgan fingerprint density at radius 2 is 1.60 bits per heavy atom. The van der Waals surface area contributed by atoms with Crippen LogP contribution in [0, 0.1) is 0 Å². The molecule has 276 valence electrons. The first kappa shape index (κ1) is 37.7. The molecular formula is C34H48N4O11S. The van der Waals surface area contributed by atoms with Crippen molar-refractivity contribution in [1.82, 2.24) is 14.5 Å². The number of ether oxygens (including phenoxy) is 3. The average Bonchev–Trinajstić information content (AvgIpc) is 3.81. The molecule has 0 aromatic heterocycles. The quantitative estimate of drug-likeness (QED) is 0.228. The van der Waals surface area contributed by atoms with Gasteiger partial charge in [-0.1, -0.05) is 24.3 Å². The Morgan fingerprint density at radius 3 is 2.24 bits per heavy atom.